The first-order valence-electron chi connectivity index (χ1n) is 8.49. The summed E-state index contributed by atoms with van der Waals surface area (Å²) in [5.41, 5.74) is 0.475. The van der Waals surface area contributed by atoms with Gasteiger partial charge in [-0.05, 0) is 43.2 Å². The Hall–Kier alpha value is -2.57. The first-order chi connectivity index (χ1) is 11.9. The van der Waals surface area contributed by atoms with Crippen LogP contribution in [-0.2, 0) is 4.79 Å². The van der Waals surface area contributed by atoms with E-state index >= 15 is 0 Å². The summed E-state index contributed by atoms with van der Waals surface area (Å²) in [7, 11) is 0. The van der Waals surface area contributed by atoms with Crippen molar-refractivity contribution < 1.29 is 9.90 Å². The third-order valence-corrected chi connectivity index (χ3v) is 4.24. The van der Waals surface area contributed by atoms with Crippen LogP contribution in [0.5, 0.6) is 0 Å². The predicted octanol–water partition coefficient (Wildman–Crippen LogP) is 4.55. The van der Waals surface area contributed by atoms with Crippen molar-refractivity contribution in [1.82, 2.24) is 5.32 Å². The molecule has 0 aliphatic rings. The Balaban J connectivity index is 1.88. The fraction of sp³-hybridized carbons (Fsp3) is 0.318. The summed E-state index contributed by atoms with van der Waals surface area (Å²) in [6.07, 6.45) is 4.08. The van der Waals surface area contributed by atoms with Gasteiger partial charge in [0, 0.05) is 19.0 Å². The Labute approximate surface area is 149 Å². The topological polar surface area (TPSA) is 49.3 Å². The number of carboxylic acid groups (broad SMARTS) is 1. The molecule has 2 aromatic carbocycles. The Morgan fingerprint density at radius 1 is 1.24 bits per heavy atom. The van der Waals surface area contributed by atoms with Gasteiger partial charge in [0.25, 0.3) is 0 Å². The van der Waals surface area contributed by atoms with Gasteiger partial charge in [0.2, 0.25) is 0 Å². The Morgan fingerprint density at radius 2 is 1.96 bits per heavy atom. The summed E-state index contributed by atoms with van der Waals surface area (Å²) >= 11 is 0. The van der Waals surface area contributed by atoms with Gasteiger partial charge in [-0.1, -0.05) is 60.4 Å². The monoisotopic (exact) mass is 335 g/mol. The number of carboxylic acids is 1. The highest BCUT2D eigenvalue weighted by molar-refractivity contribution is 5.86. The van der Waals surface area contributed by atoms with Gasteiger partial charge in [0.05, 0.1) is 5.41 Å². The fourth-order valence-corrected chi connectivity index (χ4v) is 2.51. The zero-order chi connectivity index (χ0) is 18.3. The molecule has 0 aliphatic carbocycles. The highest BCUT2D eigenvalue weighted by atomic mass is 16.4. The number of benzene rings is 2. The Morgan fingerprint density at radius 3 is 2.72 bits per heavy atom. The van der Waals surface area contributed by atoms with Gasteiger partial charge in [-0.3, -0.25) is 4.79 Å². The van der Waals surface area contributed by atoms with E-state index in [9.17, 15) is 4.79 Å². The van der Waals surface area contributed by atoms with Gasteiger partial charge in [-0.15, -0.1) is 0 Å². The largest absolute Gasteiger partial charge is 0.481 e. The molecule has 3 nitrogen and oxygen atoms in total. The van der Waals surface area contributed by atoms with Crippen molar-refractivity contribution in [3.05, 3.63) is 60.2 Å². The standard InChI is InChI=1S/C22H25NO2/c1-17(19-14-10-12-18-11-6-7-13-20(18)19)23-16-9-5-4-8-15-22(2,3)21(24)25/h5-7,9-14,17,23H,15-16H2,1-3H3,(H,24,25). The zero-order valence-electron chi connectivity index (χ0n) is 15.0. The number of nitrogens with one attached hydrogen (secondary N) is 1. The minimum absolute atomic E-state index is 0.231. The summed E-state index contributed by atoms with van der Waals surface area (Å²) in [6.45, 7) is 6.22. The van der Waals surface area contributed by atoms with Crippen molar-refractivity contribution >= 4 is 16.7 Å². The molecule has 1 atom stereocenters. The number of rotatable bonds is 6. The first-order valence-corrected chi connectivity index (χ1v) is 8.49. The van der Waals surface area contributed by atoms with Crippen molar-refractivity contribution in [2.24, 2.45) is 5.41 Å². The lowest BCUT2D eigenvalue weighted by atomic mass is 9.90. The van der Waals surface area contributed by atoms with E-state index in [0.717, 1.165) is 0 Å². The smallest absolute Gasteiger partial charge is 0.310 e. The molecule has 130 valence electrons. The van der Waals surface area contributed by atoms with E-state index in [2.05, 4.69) is 66.5 Å². The maximum atomic E-state index is 11.0. The number of aliphatic carboxylic acids is 1. The van der Waals surface area contributed by atoms with Crippen molar-refractivity contribution in [2.75, 3.05) is 6.54 Å². The third kappa shape index (κ3) is 5.20. The molecule has 0 aromatic heterocycles. The molecule has 0 saturated heterocycles. The molecule has 0 fully saturated rings. The summed E-state index contributed by atoms with van der Waals surface area (Å²) in [6, 6.07) is 15.0. The lowest BCUT2D eigenvalue weighted by Gasteiger charge is -2.15. The zero-order valence-corrected chi connectivity index (χ0v) is 15.0. The molecule has 25 heavy (non-hydrogen) atoms. The highest BCUT2D eigenvalue weighted by Gasteiger charge is 2.25. The SMILES string of the molecule is CC(NCC=CC#CCC(C)(C)C(=O)O)c1cccc2ccccc12. The van der Waals surface area contributed by atoms with Crippen molar-refractivity contribution in [3.8, 4) is 11.8 Å². The van der Waals surface area contributed by atoms with Crippen molar-refractivity contribution in [3.63, 3.8) is 0 Å². The molecule has 0 aliphatic heterocycles. The van der Waals surface area contributed by atoms with Crippen LogP contribution in [0.3, 0.4) is 0 Å². The van der Waals surface area contributed by atoms with E-state index in [1.165, 1.54) is 16.3 Å². The van der Waals surface area contributed by atoms with Crippen molar-refractivity contribution in [2.45, 2.75) is 33.2 Å². The number of fused-ring (bicyclic) bond motifs is 1. The van der Waals surface area contributed by atoms with Gasteiger partial charge in [-0.25, -0.2) is 0 Å². The van der Waals surface area contributed by atoms with Gasteiger partial charge in [-0.2, -0.15) is 0 Å². The normalized spacial score (nSPS) is 12.8. The molecule has 0 bridgehead atoms. The van der Waals surface area contributed by atoms with Gasteiger partial charge >= 0.3 is 5.97 Å². The molecule has 0 spiro atoms. The molecule has 0 amide bonds. The van der Waals surface area contributed by atoms with Crippen LogP contribution < -0.4 is 5.32 Å². The molecular weight excluding hydrogens is 310 g/mol. The average molecular weight is 335 g/mol. The van der Waals surface area contributed by atoms with Gasteiger partial charge in [0.15, 0.2) is 0 Å². The van der Waals surface area contributed by atoms with Gasteiger partial charge in [0.1, 0.15) is 0 Å². The molecule has 3 heteroatoms. The number of hydrogen-bond acceptors (Lipinski definition) is 2. The Bertz CT molecular complexity index is 819. The molecular formula is C22H25NO2. The average Bonchev–Trinajstić information content (AvgIpc) is 2.60. The third-order valence-electron chi connectivity index (χ3n) is 4.24. The van der Waals surface area contributed by atoms with E-state index in [-0.39, 0.29) is 6.04 Å². The summed E-state index contributed by atoms with van der Waals surface area (Å²) in [5.74, 6) is 4.99. The second kappa shape index (κ2) is 8.50. The van der Waals surface area contributed by atoms with E-state index < -0.39 is 11.4 Å². The van der Waals surface area contributed by atoms with Crippen LogP contribution in [0.15, 0.2) is 54.6 Å². The lowest BCUT2D eigenvalue weighted by molar-refractivity contribution is -0.146. The summed E-state index contributed by atoms with van der Waals surface area (Å²) in [4.78, 5) is 11.0. The van der Waals surface area contributed by atoms with Crippen LogP contribution in [0.25, 0.3) is 10.8 Å². The molecule has 2 N–H and O–H groups in total. The fourth-order valence-electron chi connectivity index (χ4n) is 2.51. The molecule has 2 rings (SSSR count). The molecule has 2 aromatic rings. The van der Waals surface area contributed by atoms with Crippen LogP contribution in [-0.4, -0.2) is 17.6 Å². The van der Waals surface area contributed by atoms with Crippen molar-refractivity contribution in [1.29, 1.82) is 0 Å². The minimum atomic E-state index is -0.823. The summed E-state index contributed by atoms with van der Waals surface area (Å²) in [5, 5.41) is 15.0. The van der Waals surface area contributed by atoms with Gasteiger partial charge < -0.3 is 10.4 Å². The number of allylic oxidation sites excluding steroid dienone is 1. The molecule has 1 unspecified atom stereocenters. The van der Waals surface area contributed by atoms with E-state index in [1.54, 1.807) is 19.9 Å². The molecule has 0 radical (unpaired) electrons. The Kier molecular flexibility index (Phi) is 6.38. The maximum Gasteiger partial charge on any atom is 0.310 e. The van der Waals surface area contributed by atoms with E-state index in [0.29, 0.717) is 13.0 Å². The molecule has 0 saturated carbocycles. The first kappa shape index (κ1) is 18.8. The van der Waals surface area contributed by atoms with E-state index in [1.807, 2.05) is 6.08 Å². The van der Waals surface area contributed by atoms with Crippen LogP contribution >= 0.6 is 0 Å². The number of hydrogen-bond donors (Lipinski definition) is 2. The molecule has 0 heterocycles. The van der Waals surface area contributed by atoms with Crippen LogP contribution in [0.4, 0.5) is 0 Å². The minimum Gasteiger partial charge on any atom is -0.481 e. The van der Waals surface area contributed by atoms with Crippen LogP contribution in [0.1, 0.15) is 38.8 Å². The quantitative estimate of drug-likeness (QED) is 0.761. The van der Waals surface area contributed by atoms with Crippen LogP contribution in [0.2, 0.25) is 0 Å². The maximum absolute atomic E-state index is 11.0. The number of carbonyl (C=O) groups is 1. The second-order valence-corrected chi connectivity index (χ2v) is 6.79. The second-order valence-electron chi connectivity index (χ2n) is 6.79. The lowest BCUT2D eigenvalue weighted by Crippen LogP contribution is -2.22. The van der Waals surface area contributed by atoms with Crippen LogP contribution in [0, 0.1) is 17.3 Å². The summed E-state index contributed by atoms with van der Waals surface area (Å²) < 4.78 is 0. The highest BCUT2D eigenvalue weighted by Crippen LogP contribution is 2.23. The predicted molar refractivity (Wildman–Crippen MR) is 103 cm³/mol. The van der Waals surface area contributed by atoms with E-state index in [4.69, 9.17) is 5.11 Å².